The second-order valence-electron chi connectivity index (χ2n) is 16.5. The number of carbonyl (C=O) groups excluding carboxylic acids is 4. The molecule has 308 valence electrons. The van der Waals surface area contributed by atoms with Crippen LogP contribution in [0.3, 0.4) is 0 Å². The lowest BCUT2D eigenvalue weighted by atomic mass is 9.96. The minimum absolute atomic E-state index is 0.00552. The standard InChI is InChI=1S/C40H53N7O9S/c1-3-27-20-40(27,37(50)45-57(52,53)29-12-13-29)44-34(48)32-19-28-22-47(32)36(49)33(26-9-5-6-10-26)42-39(51)46-16-15-25(21-46)23-54-17-7-8-24-11-14-31-30(18-24)35(56-28)43-38(41-31)55-4-2/h3,11,14,18,25-29,32-33H,1,4-10,12-13,15-17,19-23H2,2H3,(H,42,51)(H,44,48)(H,45,50)/t25-,27?,28+,32-,33-,40+/m0/s1. The lowest BCUT2D eigenvalue weighted by Crippen LogP contribution is -2.59. The van der Waals surface area contributed by atoms with E-state index in [9.17, 15) is 27.6 Å². The van der Waals surface area contributed by atoms with Crippen molar-refractivity contribution in [2.24, 2.45) is 17.8 Å². The zero-order valence-electron chi connectivity index (χ0n) is 32.5. The molecule has 5 fully saturated rings. The normalized spacial score (nSPS) is 29.8. The first kappa shape index (κ1) is 39.3. The van der Waals surface area contributed by atoms with Crippen LogP contribution in [0.5, 0.6) is 11.9 Å². The molecule has 1 aromatic carbocycles. The lowest BCUT2D eigenvalue weighted by molar-refractivity contribution is -0.142. The van der Waals surface area contributed by atoms with Crippen LogP contribution in [0.25, 0.3) is 10.9 Å². The van der Waals surface area contributed by atoms with Crippen LogP contribution in [0.1, 0.15) is 76.7 Å². The zero-order chi connectivity index (χ0) is 39.9. The summed E-state index contributed by atoms with van der Waals surface area (Å²) in [6, 6.07) is 3.68. The summed E-state index contributed by atoms with van der Waals surface area (Å²) in [5.41, 5.74) is 0.105. The molecule has 4 heterocycles. The molecule has 16 nitrogen and oxygen atoms in total. The van der Waals surface area contributed by atoms with E-state index in [0.29, 0.717) is 56.7 Å². The zero-order valence-corrected chi connectivity index (χ0v) is 33.3. The van der Waals surface area contributed by atoms with Crippen LogP contribution in [-0.2, 0) is 35.6 Å². The molecule has 6 bridgehead atoms. The quantitative estimate of drug-likeness (QED) is 0.315. The first-order valence-electron chi connectivity index (χ1n) is 20.5. The van der Waals surface area contributed by atoms with E-state index in [0.717, 1.165) is 50.5 Å². The summed E-state index contributed by atoms with van der Waals surface area (Å²) in [7, 11) is -3.90. The number of aromatic nitrogens is 2. The summed E-state index contributed by atoms with van der Waals surface area (Å²) in [6.45, 7) is 8.13. The molecule has 3 N–H and O–H groups in total. The van der Waals surface area contributed by atoms with Crippen molar-refractivity contribution in [1.82, 2.24) is 35.1 Å². The van der Waals surface area contributed by atoms with E-state index >= 15 is 0 Å². The van der Waals surface area contributed by atoms with E-state index in [4.69, 9.17) is 14.2 Å². The Morgan fingerprint density at radius 1 is 1.11 bits per heavy atom. The molecule has 3 aliphatic heterocycles. The molecule has 8 rings (SSSR count). The molecule has 17 heteroatoms. The monoisotopic (exact) mass is 807 g/mol. The molecule has 57 heavy (non-hydrogen) atoms. The fourth-order valence-corrected chi connectivity index (χ4v) is 10.3. The van der Waals surface area contributed by atoms with Gasteiger partial charge in [-0.2, -0.15) is 9.97 Å². The Morgan fingerprint density at radius 2 is 1.91 bits per heavy atom. The van der Waals surface area contributed by atoms with Crippen LogP contribution in [-0.4, -0.2) is 120 Å². The number of carbonyl (C=O) groups is 4. The van der Waals surface area contributed by atoms with Crippen LogP contribution < -0.4 is 24.8 Å². The largest absolute Gasteiger partial charge is 0.472 e. The summed E-state index contributed by atoms with van der Waals surface area (Å²) in [6.07, 6.45) is 7.57. The van der Waals surface area contributed by atoms with Gasteiger partial charge in [-0.05, 0) is 81.9 Å². The van der Waals surface area contributed by atoms with Gasteiger partial charge in [-0.25, -0.2) is 13.2 Å². The third-order valence-electron chi connectivity index (χ3n) is 12.5. The van der Waals surface area contributed by atoms with E-state index < -0.39 is 62.6 Å². The Kier molecular flexibility index (Phi) is 11.1. The first-order valence-corrected chi connectivity index (χ1v) is 22.1. The molecule has 2 saturated heterocycles. The number of nitrogens with one attached hydrogen (secondary N) is 3. The third kappa shape index (κ3) is 8.27. The predicted molar refractivity (Wildman–Crippen MR) is 208 cm³/mol. The summed E-state index contributed by atoms with van der Waals surface area (Å²) in [5.74, 6) is -2.08. The van der Waals surface area contributed by atoms with Gasteiger partial charge < -0.3 is 34.6 Å². The van der Waals surface area contributed by atoms with Crippen molar-refractivity contribution in [3.8, 4) is 11.9 Å². The lowest BCUT2D eigenvalue weighted by Gasteiger charge is -2.33. The fraction of sp³-hybridized carbons (Fsp3) is 0.650. The number of sulfonamides is 1. The van der Waals surface area contributed by atoms with E-state index in [1.165, 1.54) is 11.0 Å². The molecule has 5 amide bonds. The smallest absolute Gasteiger partial charge is 0.320 e. The summed E-state index contributed by atoms with van der Waals surface area (Å²) >= 11 is 0. The fourth-order valence-electron chi connectivity index (χ4n) is 8.97. The summed E-state index contributed by atoms with van der Waals surface area (Å²) in [5, 5.41) is 5.96. The Morgan fingerprint density at radius 3 is 2.65 bits per heavy atom. The van der Waals surface area contributed by atoms with Gasteiger partial charge in [0.05, 0.1) is 35.9 Å². The van der Waals surface area contributed by atoms with Gasteiger partial charge in [-0.15, -0.1) is 6.58 Å². The second-order valence-corrected chi connectivity index (χ2v) is 18.5. The van der Waals surface area contributed by atoms with Crippen molar-refractivity contribution in [1.29, 1.82) is 0 Å². The number of rotatable bonds is 9. The second kappa shape index (κ2) is 16.0. The van der Waals surface area contributed by atoms with Gasteiger partial charge in [0, 0.05) is 38.0 Å². The van der Waals surface area contributed by atoms with Crippen molar-refractivity contribution >= 4 is 44.7 Å². The average molecular weight is 808 g/mol. The highest BCUT2D eigenvalue weighted by atomic mass is 32.2. The van der Waals surface area contributed by atoms with Gasteiger partial charge in [-0.1, -0.05) is 25.0 Å². The van der Waals surface area contributed by atoms with E-state index in [2.05, 4.69) is 31.9 Å². The highest BCUT2D eigenvalue weighted by molar-refractivity contribution is 7.91. The van der Waals surface area contributed by atoms with Gasteiger partial charge in [-0.3, -0.25) is 19.1 Å². The van der Waals surface area contributed by atoms with Gasteiger partial charge in [0.2, 0.25) is 27.7 Å². The Bertz CT molecular complexity index is 2020. The van der Waals surface area contributed by atoms with Crippen molar-refractivity contribution in [3.63, 3.8) is 0 Å². The molecule has 1 aromatic heterocycles. The number of fused-ring (bicyclic) bond motifs is 5. The van der Waals surface area contributed by atoms with Crippen molar-refractivity contribution < 1.29 is 41.8 Å². The molecule has 6 atom stereocenters. The van der Waals surface area contributed by atoms with Crippen molar-refractivity contribution in [2.45, 2.75) is 107 Å². The topological polar surface area (TPSA) is 198 Å². The van der Waals surface area contributed by atoms with Crippen LogP contribution >= 0.6 is 0 Å². The Labute approximate surface area is 332 Å². The minimum atomic E-state index is -3.90. The highest BCUT2D eigenvalue weighted by Gasteiger charge is 2.62. The van der Waals surface area contributed by atoms with Gasteiger partial charge in [0.25, 0.3) is 5.91 Å². The average Bonchev–Trinajstić information content (AvgIpc) is 3.96. The summed E-state index contributed by atoms with van der Waals surface area (Å²) in [4.78, 5) is 69.3. The third-order valence-corrected chi connectivity index (χ3v) is 14.3. The predicted octanol–water partition coefficient (Wildman–Crippen LogP) is 2.60. The first-order chi connectivity index (χ1) is 27.5. The van der Waals surface area contributed by atoms with Crippen molar-refractivity contribution in [2.75, 3.05) is 39.5 Å². The molecule has 1 unspecified atom stereocenters. The number of ether oxygens (including phenoxy) is 3. The molecule has 3 aliphatic carbocycles. The SMILES string of the molecule is C=CC1C[C@]1(NC(=O)[C@@H]1C[C@@H]2CN1C(=O)[C@H](C1CCCC1)NC(=O)N1CC[C@H](COCCCc3ccc4nc(OCC)nc(c4c3)O2)C1)C(=O)NS(=O)(=O)C1CC1. The number of hydrogen-bond donors (Lipinski definition) is 3. The number of hydrogen-bond acceptors (Lipinski definition) is 11. The van der Waals surface area contributed by atoms with E-state index in [1.807, 2.05) is 25.1 Å². The minimum Gasteiger partial charge on any atom is -0.472 e. The van der Waals surface area contributed by atoms with Gasteiger partial charge in [0.1, 0.15) is 23.7 Å². The maximum Gasteiger partial charge on any atom is 0.320 e. The van der Waals surface area contributed by atoms with Gasteiger partial charge in [0.15, 0.2) is 0 Å². The molecule has 3 saturated carbocycles. The van der Waals surface area contributed by atoms with E-state index in [-0.39, 0.29) is 49.1 Å². The van der Waals surface area contributed by atoms with Crippen LogP contribution in [0, 0.1) is 17.8 Å². The van der Waals surface area contributed by atoms with Gasteiger partial charge >= 0.3 is 12.0 Å². The molecule has 0 radical (unpaired) electrons. The molecular weight excluding hydrogens is 755 g/mol. The van der Waals surface area contributed by atoms with E-state index in [1.54, 1.807) is 4.90 Å². The molecule has 6 aliphatic rings. The Hall–Kier alpha value is -4.51. The number of urea groups is 1. The Balaban J connectivity index is 1.14. The van der Waals surface area contributed by atoms with Crippen molar-refractivity contribution in [3.05, 3.63) is 36.4 Å². The maximum absolute atomic E-state index is 14.9. The molecule has 0 spiro atoms. The van der Waals surface area contributed by atoms with Crippen LogP contribution in [0.15, 0.2) is 30.9 Å². The number of amides is 5. The van der Waals surface area contributed by atoms with Crippen LogP contribution in [0.4, 0.5) is 4.79 Å². The number of benzene rings is 1. The van der Waals surface area contributed by atoms with Crippen LogP contribution in [0.2, 0.25) is 0 Å². The molecular formula is C40H53N7O9S. The summed E-state index contributed by atoms with van der Waals surface area (Å²) < 4.78 is 46.2. The maximum atomic E-state index is 14.9. The number of nitrogens with zero attached hydrogens (tertiary/aromatic N) is 4. The molecule has 2 aromatic rings. The highest BCUT2D eigenvalue weighted by Crippen LogP contribution is 2.46. The number of aryl methyl sites for hydroxylation is 1.